The van der Waals surface area contributed by atoms with Crippen LogP contribution in [0.1, 0.15) is 12.0 Å². The van der Waals surface area contributed by atoms with Crippen molar-refractivity contribution in [1.29, 1.82) is 0 Å². The molecule has 5 heterocycles. The fourth-order valence-electron chi connectivity index (χ4n) is 5.90. The third-order valence-electron chi connectivity index (χ3n) is 7.97. The van der Waals surface area contributed by atoms with Crippen LogP contribution in [0.15, 0.2) is 46.0 Å². The third-order valence-corrected chi connectivity index (χ3v) is 7.97. The van der Waals surface area contributed by atoms with Crippen LogP contribution in [-0.2, 0) is 29.7 Å². The number of hydrogen-bond acceptors (Lipinski definition) is 7. The van der Waals surface area contributed by atoms with E-state index in [9.17, 15) is 14.4 Å². The molecular weight excluding hydrogens is 486 g/mol. The number of ether oxygens (including phenoxy) is 1. The van der Waals surface area contributed by atoms with Crippen molar-refractivity contribution in [3.63, 3.8) is 0 Å². The fourth-order valence-corrected chi connectivity index (χ4v) is 5.90. The van der Waals surface area contributed by atoms with Crippen LogP contribution in [0.4, 0.5) is 5.95 Å². The average molecular weight is 520 g/mol. The zero-order chi connectivity index (χ0) is 26.2. The molecule has 0 bridgehead atoms. The number of carbonyl (C=O) groups is 1. The summed E-state index contributed by atoms with van der Waals surface area (Å²) in [7, 11) is 1.62. The van der Waals surface area contributed by atoms with Gasteiger partial charge in [0, 0.05) is 52.4 Å². The van der Waals surface area contributed by atoms with E-state index in [0.29, 0.717) is 61.9 Å². The Morgan fingerprint density at radius 2 is 1.89 bits per heavy atom. The molecule has 2 atom stereocenters. The Labute approximate surface area is 219 Å². The summed E-state index contributed by atoms with van der Waals surface area (Å²) in [6.07, 6.45) is 5.08. The lowest BCUT2D eigenvalue weighted by Crippen LogP contribution is -2.47. The molecule has 3 aliphatic rings. The van der Waals surface area contributed by atoms with E-state index in [0.717, 1.165) is 36.2 Å². The molecule has 11 heteroatoms. The summed E-state index contributed by atoms with van der Waals surface area (Å²) in [6, 6.07) is 10.3. The maximum atomic E-state index is 13.9. The number of amides is 1. The molecule has 3 saturated heterocycles. The molecule has 1 amide bonds. The molecule has 1 N–H and O–H groups in total. The van der Waals surface area contributed by atoms with E-state index in [4.69, 9.17) is 9.72 Å². The SMILES string of the molecule is Cn1c(=O)n(CC(=O)N2CCOCC2)c(=O)c2c1nc(N1CCC3CNCC31)n2CC=Cc1ccccc1. The Morgan fingerprint density at radius 1 is 1.11 bits per heavy atom. The molecule has 0 saturated carbocycles. The van der Waals surface area contributed by atoms with Crippen LogP contribution in [0.5, 0.6) is 0 Å². The van der Waals surface area contributed by atoms with E-state index < -0.39 is 11.2 Å². The number of aryl methyl sites for hydroxylation is 1. The molecule has 0 spiro atoms. The zero-order valence-corrected chi connectivity index (χ0v) is 21.6. The van der Waals surface area contributed by atoms with Crippen molar-refractivity contribution < 1.29 is 9.53 Å². The number of fused-ring (bicyclic) bond motifs is 2. The van der Waals surface area contributed by atoms with Crippen molar-refractivity contribution in [2.75, 3.05) is 50.8 Å². The van der Waals surface area contributed by atoms with Crippen LogP contribution in [0.25, 0.3) is 17.2 Å². The number of nitrogens with zero attached hydrogens (tertiary/aromatic N) is 6. The number of rotatable bonds is 6. The van der Waals surface area contributed by atoms with Gasteiger partial charge >= 0.3 is 5.69 Å². The molecule has 1 aromatic carbocycles. The smallest absolute Gasteiger partial charge is 0.332 e. The van der Waals surface area contributed by atoms with E-state index >= 15 is 0 Å². The third kappa shape index (κ3) is 4.35. The van der Waals surface area contributed by atoms with E-state index in [1.54, 1.807) is 11.9 Å². The highest BCUT2D eigenvalue weighted by Gasteiger charge is 2.40. The van der Waals surface area contributed by atoms with Gasteiger partial charge in [0.15, 0.2) is 11.2 Å². The minimum Gasteiger partial charge on any atom is -0.378 e. The largest absolute Gasteiger partial charge is 0.378 e. The molecular formula is C27H33N7O4. The first-order valence-corrected chi connectivity index (χ1v) is 13.3. The van der Waals surface area contributed by atoms with Crippen molar-refractivity contribution in [1.82, 2.24) is 28.9 Å². The Kier molecular flexibility index (Phi) is 6.62. The van der Waals surface area contributed by atoms with Crippen LogP contribution in [0.2, 0.25) is 0 Å². The van der Waals surface area contributed by atoms with E-state index in [2.05, 4.69) is 10.2 Å². The lowest BCUT2D eigenvalue weighted by atomic mass is 10.1. The summed E-state index contributed by atoms with van der Waals surface area (Å²) >= 11 is 0. The Bertz CT molecular complexity index is 1480. The second-order valence-electron chi connectivity index (χ2n) is 10.2. The lowest BCUT2D eigenvalue weighted by Gasteiger charge is -2.27. The number of benzene rings is 1. The molecule has 200 valence electrons. The molecule has 3 aliphatic heterocycles. The normalized spacial score (nSPS) is 21.6. The monoisotopic (exact) mass is 519 g/mol. The molecule has 3 fully saturated rings. The van der Waals surface area contributed by atoms with Gasteiger partial charge in [-0.1, -0.05) is 42.5 Å². The maximum Gasteiger partial charge on any atom is 0.332 e. The van der Waals surface area contributed by atoms with Crippen LogP contribution < -0.4 is 21.5 Å². The average Bonchev–Trinajstić information content (AvgIpc) is 3.66. The summed E-state index contributed by atoms with van der Waals surface area (Å²) in [4.78, 5) is 48.9. The minimum absolute atomic E-state index is 0.262. The van der Waals surface area contributed by atoms with Crippen molar-refractivity contribution in [2.45, 2.75) is 25.6 Å². The predicted octanol–water partition coefficient (Wildman–Crippen LogP) is 0.267. The maximum absolute atomic E-state index is 13.9. The summed E-state index contributed by atoms with van der Waals surface area (Å²) in [5, 5.41) is 3.47. The Hall–Kier alpha value is -3.70. The number of anilines is 1. The summed E-state index contributed by atoms with van der Waals surface area (Å²) in [6.45, 7) is 4.60. The fraction of sp³-hybridized carbons (Fsp3) is 0.481. The molecule has 3 aromatic rings. The van der Waals surface area contributed by atoms with Crippen molar-refractivity contribution in [3.05, 3.63) is 62.8 Å². The molecule has 6 rings (SSSR count). The van der Waals surface area contributed by atoms with Gasteiger partial charge in [0.2, 0.25) is 11.9 Å². The number of aromatic nitrogens is 4. The standard InChI is InChI=1S/C27H33N7O4/c1-30-24-23(25(36)34(27(30)37)18-22(35)31-12-14-38-15-13-31)33(10-5-8-19-6-3-2-4-7-19)26(29-24)32-11-9-20-16-28-17-21(20)32/h2-8,20-21,28H,9-18H2,1H3. The molecule has 2 unspecified atom stereocenters. The first kappa shape index (κ1) is 24.6. The van der Waals surface area contributed by atoms with Gasteiger partial charge in [0.1, 0.15) is 6.54 Å². The summed E-state index contributed by atoms with van der Waals surface area (Å²) in [5.41, 5.74) is 0.705. The Balaban J connectivity index is 1.44. The highest BCUT2D eigenvalue weighted by atomic mass is 16.5. The molecule has 0 aliphatic carbocycles. The van der Waals surface area contributed by atoms with Gasteiger partial charge in [0.05, 0.1) is 13.2 Å². The predicted molar refractivity (Wildman–Crippen MR) is 144 cm³/mol. The molecule has 0 radical (unpaired) electrons. The molecule has 11 nitrogen and oxygen atoms in total. The number of allylic oxidation sites excluding steroid dienone is 1. The molecule has 2 aromatic heterocycles. The van der Waals surface area contributed by atoms with Crippen molar-refractivity contribution in [2.24, 2.45) is 13.0 Å². The summed E-state index contributed by atoms with van der Waals surface area (Å²) in [5.74, 6) is 0.967. The number of nitrogens with one attached hydrogen (secondary N) is 1. The first-order valence-electron chi connectivity index (χ1n) is 13.3. The quantitative estimate of drug-likeness (QED) is 0.498. The number of carbonyl (C=O) groups excluding carboxylic acids is 1. The van der Waals surface area contributed by atoms with Gasteiger partial charge in [-0.25, -0.2) is 9.36 Å². The topological polar surface area (TPSA) is 107 Å². The van der Waals surface area contributed by atoms with E-state index in [-0.39, 0.29) is 12.5 Å². The number of imidazole rings is 1. The number of morpholine rings is 1. The first-order chi connectivity index (χ1) is 18.5. The van der Waals surface area contributed by atoms with Gasteiger partial charge < -0.3 is 24.4 Å². The second kappa shape index (κ2) is 10.2. The van der Waals surface area contributed by atoms with Crippen LogP contribution in [0, 0.1) is 5.92 Å². The van der Waals surface area contributed by atoms with E-state index in [1.165, 1.54) is 4.57 Å². The minimum atomic E-state index is -0.540. The van der Waals surface area contributed by atoms with Gasteiger partial charge in [-0.05, 0) is 17.9 Å². The van der Waals surface area contributed by atoms with Gasteiger partial charge in [-0.3, -0.25) is 14.2 Å². The van der Waals surface area contributed by atoms with Crippen LogP contribution in [-0.4, -0.2) is 81.5 Å². The van der Waals surface area contributed by atoms with Crippen LogP contribution in [0.3, 0.4) is 0 Å². The highest BCUT2D eigenvalue weighted by Crippen LogP contribution is 2.32. The van der Waals surface area contributed by atoms with E-state index in [1.807, 2.05) is 47.1 Å². The number of hydrogen-bond donors (Lipinski definition) is 1. The van der Waals surface area contributed by atoms with Gasteiger partial charge in [-0.15, -0.1) is 0 Å². The van der Waals surface area contributed by atoms with Gasteiger partial charge in [0.25, 0.3) is 5.56 Å². The van der Waals surface area contributed by atoms with Gasteiger partial charge in [-0.2, -0.15) is 4.98 Å². The van der Waals surface area contributed by atoms with Crippen LogP contribution >= 0.6 is 0 Å². The second-order valence-corrected chi connectivity index (χ2v) is 10.2. The zero-order valence-electron chi connectivity index (χ0n) is 21.6. The highest BCUT2D eigenvalue weighted by molar-refractivity contribution is 5.78. The Morgan fingerprint density at radius 3 is 2.68 bits per heavy atom. The lowest BCUT2D eigenvalue weighted by molar-refractivity contribution is -0.136. The van der Waals surface area contributed by atoms with Crippen molar-refractivity contribution in [3.8, 4) is 0 Å². The summed E-state index contributed by atoms with van der Waals surface area (Å²) < 4.78 is 9.69. The van der Waals surface area contributed by atoms with Crippen molar-refractivity contribution >= 4 is 29.1 Å². The molecule has 38 heavy (non-hydrogen) atoms.